The Labute approximate surface area is 110 Å². The van der Waals surface area contributed by atoms with Crippen LogP contribution in [0.25, 0.3) is 5.65 Å². The van der Waals surface area contributed by atoms with E-state index in [9.17, 15) is 0 Å². The van der Waals surface area contributed by atoms with E-state index in [1.807, 2.05) is 53.2 Å². The van der Waals surface area contributed by atoms with Crippen LogP contribution in [0.3, 0.4) is 0 Å². The summed E-state index contributed by atoms with van der Waals surface area (Å²) in [5.74, 6) is 0. The fourth-order valence-electron chi connectivity index (χ4n) is 2.01. The molecule has 3 rings (SSSR count). The topological polar surface area (TPSA) is 43.3 Å². The van der Waals surface area contributed by atoms with Crippen molar-refractivity contribution in [3.05, 3.63) is 65.1 Å². The number of hydrogen-bond donors (Lipinski definition) is 1. The van der Waals surface area contributed by atoms with Crippen LogP contribution in [0.5, 0.6) is 0 Å². The van der Waals surface area contributed by atoms with E-state index in [0.29, 0.717) is 12.1 Å². The standard InChI is InChI=1S/C14H12ClN3/c15-12-5-2-1-4-10(12)8-11-9-18-7-3-6-13(16)14(18)17-11/h1-7,9H,8,16H2. The van der Waals surface area contributed by atoms with Gasteiger partial charge in [0.2, 0.25) is 0 Å². The van der Waals surface area contributed by atoms with Crippen LogP contribution in [0.2, 0.25) is 5.02 Å². The van der Waals surface area contributed by atoms with Crippen molar-refractivity contribution < 1.29 is 0 Å². The lowest BCUT2D eigenvalue weighted by molar-refractivity contribution is 1.11. The minimum Gasteiger partial charge on any atom is -0.396 e. The van der Waals surface area contributed by atoms with E-state index in [1.54, 1.807) is 0 Å². The van der Waals surface area contributed by atoms with Crippen molar-refractivity contribution in [3.8, 4) is 0 Å². The van der Waals surface area contributed by atoms with Crippen molar-refractivity contribution in [3.63, 3.8) is 0 Å². The molecule has 0 saturated heterocycles. The zero-order valence-electron chi connectivity index (χ0n) is 9.68. The van der Waals surface area contributed by atoms with Crippen molar-refractivity contribution in [2.24, 2.45) is 0 Å². The molecule has 2 N–H and O–H groups in total. The number of pyridine rings is 1. The molecule has 0 aliphatic carbocycles. The number of halogens is 1. The van der Waals surface area contributed by atoms with E-state index in [-0.39, 0.29) is 0 Å². The number of fused-ring (bicyclic) bond motifs is 1. The Morgan fingerprint density at radius 1 is 1.17 bits per heavy atom. The summed E-state index contributed by atoms with van der Waals surface area (Å²) in [6.45, 7) is 0. The highest BCUT2D eigenvalue weighted by molar-refractivity contribution is 6.31. The van der Waals surface area contributed by atoms with Gasteiger partial charge in [-0.25, -0.2) is 4.98 Å². The van der Waals surface area contributed by atoms with Gasteiger partial charge in [-0.1, -0.05) is 29.8 Å². The van der Waals surface area contributed by atoms with Crippen LogP contribution < -0.4 is 5.73 Å². The van der Waals surface area contributed by atoms with E-state index in [2.05, 4.69) is 4.98 Å². The molecule has 0 radical (unpaired) electrons. The summed E-state index contributed by atoms with van der Waals surface area (Å²) >= 11 is 6.14. The lowest BCUT2D eigenvalue weighted by Crippen LogP contribution is -1.90. The SMILES string of the molecule is Nc1cccn2cc(Cc3ccccc3Cl)nc12. The van der Waals surface area contributed by atoms with Crippen molar-refractivity contribution >= 4 is 22.9 Å². The van der Waals surface area contributed by atoms with Crippen molar-refractivity contribution in [2.45, 2.75) is 6.42 Å². The Hall–Kier alpha value is -2.00. The number of imidazole rings is 1. The van der Waals surface area contributed by atoms with Crippen LogP contribution in [0.15, 0.2) is 48.8 Å². The van der Waals surface area contributed by atoms with Crippen LogP contribution >= 0.6 is 11.6 Å². The van der Waals surface area contributed by atoms with Gasteiger partial charge in [0.15, 0.2) is 5.65 Å². The van der Waals surface area contributed by atoms with Gasteiger partial charge in [0, 0.05) is 23.8 Å². The molecule has 0 fully saturated rings. The zero-order valence-corrected chi connectivity index (χ0v) is 10.4. The monoisotopic (exact) mass is 257 g/mol. The van der Waals surface area contributed by atoms with Gasteiger partial charge in [-0.3, -0.25) is 0 Å². The molecule has 3 aromatic rings. The maximum atomic E-state index is 6.14. The van der Waals surface area contributed by atoms with Gasteiger partial charge in [0.25, 0.3) is 0 Å². The molecule has 0 unspecified atom stereocenters. The first kappa shape index (κ1) is 11.1. The van der Waals surface area contributed by atoms with Crippen LogP contribution in [0.4, 0.5) is 5.69 Å². The quantitative estimate of drug-likeness (QED) is 0.766. The van der Waals surface area contributed by atoms with E-state index < -0.39 is 0 Å². The lowest BCUT2D eigenvalue weighted by atomic mass is 10.1. The third-order valence-electron chi connectivity index (χ3n) is 2.89. The lowest BCUT2D eigenvalue weighted by Gasteiger charge is -2.00. The highest BCUT2D eigenvalue weighted by atomic mass is 35.5. The summed E-state index contributed by atoms with van der Waals surface area (Å²) < 4.78 is 1.93. The normalized spacial score (nSPS) is 10.9. The minimum absolute atomic E-state index is 0.683. The summed E-state index contributed by atoms with van der Waals surface area (Å²) in [5.41, 5.74) is 9.39. The third-order valence-corrected chi connectivity index (χ3v) is 3.26. The Kier molecular flexibility index (Phi) is 2.68. The number of rotatable bonds is 2. The molecule has 18 heavy (non-hydrogen) atoms. The molecule has 0 aliphatic heterocycles. The molecule has 0 amide bonds. The molecule has 2 aromatic heterocycles. The van der Waals surface area contributed by atoms with Crippen molar-refractivity contribution in [2.75, 3.05) is 5.73 Å². The maximum Gasteiger partial charge on any atom is 0.160 e. The predicted octanol–water partition coefficient (Wildman–Crippen LogP) is 3.16. The molecule has 0 aliphatic rings. The van der Waals surface area contributed by atoms with E-state index in [4.69, 9.17) is 17.3 Å². The van der Waals surface area contributed by atoms with Gasteiger partial charge in [0.05, 0.1) is 11.4 Å². The first-order valence-corrected chi connectivity index (χ1v) is 6.07. The molecular formula is C14H12ClN3. The summed E-state index contributed by atoms with van der Waals surface area (Å²) in [5, 5.41) is 0.766. The summed E-state index contributed by atoms with van der Waals surface area (Å²) in [6.07, 6.45) is 4.63. The molecule has 0 spiro atoms. The van der Waals surface area contributed by atoms with Gasteiger partial charge in [-0.15, -0.1) is 0 Å². The molecule has 3 nitrogen and oxygen atoms in total. The van der Waals surface area contributed by atoms with Crippen LogP contribution in [-0.4, -0.2) is 9.38 Å². The Morgan fingerprint density at radius 2 is 2.00 bits per heavy atom. The van der Waals surface area contributed by atoms with E-state index in [1.165, 1.54) is 0 Å². The average Bonchev–Trinajstić information content (AvgIpc) is 2.76. The minimum atomic E-state index is 0.683. The van der Waals surface area contributed by atoms with Gasteiger partial charge in [-0.05, 0) is 23.8 Å². The van der Waals surface area contributed by atoms with Crippen molar-refractivity contribution in [1.29, 1.82) is 0 Å². The second-order valence-corrected chi connectivity index (χ2v) is 4.60. The number of aromatic nitrogens is 2. The van der Waals surface area contributed by atoms with Gasteiger partial charge in [0.1, 0.15) is 0 Å². The number of nitrogen functional groups attached to an aromatic ring is 1. The summed E-state index contributed by atoms with van der Waals surface area (Å²) in [6, 6.07) is 11.6. The Morgan fingerprint density at radius 3 is 2.78 bits per heavy atom. The third kappa shape index (κ3) is 1.93. The largest absolute Gasteiger partial charge is 0.396 e. The Bertz CT molecular complexity index is 703. The predicted molar refractivity (Wildman–Crippen MR) is 73.9 cm³/mol. The highest BCUT2D eigenvalue weighted by Gasteiger charge is 2.06. The maximum absolute atomic E-state index is 6.14. The molecule has 1 aromatic carbocycles. The van der Waals surface area contributed by atoms with Crippen LogP contribution in [0, 0.1) is 0 Å². The highest BCUT2D eigenvalue weighted by Crippen LogP contribution is 2.20. The number of benzene rings is 1. The second kappa shape index (κ2) is 4.35. The molecule has 90 valence electrons. The van der Waals surface area contributed by atoms with E-state index in [0.717, 1.165) is 21.9 Å². The smallest absolute Gasteiger partial charge is 0.160 e. The molecule has 0 saturated carbocycles. The zero-order chi connectivity index (χ0) is 12.5. The molecular weight excluding hydrogens is 246 g/mol. The number of nitrogens with two attached hydrogens (primary N) is 1. The molecule has 2 heterocycles. The van der Waals surface area contributed by atoms with Gasteiger partial charge < -0.3 is 10.1 Å². The van der Waals surface area contributed by atoms with Crippen LogP contribution in [0.1, 0.15) is 11.3 Å². The second-order valence-electron chi connectivity index (χ2n) is 4.19. The average molecular weight is 258 g/mol. The first-order chi connectivity index (χ1) is 8.74. The summed E-state index contributed by atoms with van der Waals surface area (Å²) in [7, 11) is 0. The Balaban J connectivity index is 2.01. The first-order valence-electron chi connectivity index (χ1n) is 5.69. The van der Waals surface area contributed by atoms with Crippen LogP contribution in [-0.2, 0) is 6.42 Å². The molecule has 0 bridgehead atoms. The number of anilines is 1. The molecule has 4 heteroatoms. The number of hydrogen-bond acceptors (Lipinski definition) is 2. The fourth-order valence-corrected chi connectivity index (χ4v) is 2.21. The van der Waals surface area contributed by atoms with Crippen molar-refractivity contribution in [1.82, 2.24) is 9.38 Å². The van der Waals surface area contributed by atoms with E-state index >= 15 is 0 Å². The van der Waals surface area contributed by atoms with Gasteiger partial charge in [-0.2, -0.15) is 0 Å². The summed E-state index contributed by atoms with van der Waals surface area (Å²) in [4.78, 5) is 4.53. The number of nitrogens with zero attached hydrogens (tertiary/aromatic N) is 2. The van der Waals surface area contributed by atoms with Gasteiger partial charge >= 0.3 is 0 Å². The molecule has 0 atom stereocenters. The fraction of sp³-hybridized carbons (Fsp3) is 0.0714.